The summed E-state index contributed by atoms with van der Waals surface area (Å²) in [5, 5.41) is 5.93. The van der Waals surface area contributed by atoms with E-state index in [1.165, 1.54) is 44.6 Å². The van der Waals surface area contributed by atoms with Gasteiger partial charge in [0, 0.05) is 10.0 Å². The number of carbonyl (C=O) groups is 2. The van der Waals surface area contributed by atoms with Crippen LogP contribution in [0.25, 0.3) is 0 Å². The first-order chi connectivity index (χ1) is 17.0. The second-order valence-electron chi connectivity index (χ2n) is 7.15. The molecule has 2 N–H and O–H groups in total. The first kappa shape index (κ1) is 27.0. The highest BCUT2D eigenvalue weighted by atomic mass is 79.9. The van der Waals surface area contributed by atoms with Crippen LogP contribution >= 0.6 is 27.5 Å². The highest BCUT2D eigenvalue weighted by molar-refractivity contribution is 9.10. The number of hydrogen-bond donors (Lipinski definition) is 2. The van der Waals surface area contributed by atoms with Crippen molar-refractivity contribution in [3.63, 3.8) is 0 Å². The summed E-state index contributed by atoms with van der Waals surface area (Å²) >= 11 is 8.88. The van der Waals surface area contributed by atoms with Gasteiger partial charge in [-0.3, -0.25) is 9.59 Å². The lowest BCUT2D eigenvalue weighted by Crippen LogP contribution is -2.21. The number of methoxy groups -OCH3 is 2. The predicted octanol–water partition coefficient (Wildman–Crippen LogP) is 6.15. The van der Waals surface area contributed by atoms with Crippen molar-refractivity contribution in [1.82, 2.24) is 5.43 Å². The zero-order valence-corrected chi connectivity index (χ0v) is 21.1. The molecule has 0 bridgehead atoms. The molecule has 0 atom stereocenters. The predicted molar refractivity (Wildman–Crippen MR) is 133 cm³/mol. The minimum absolute atomic E-state index is 0.0578. The minimum atomic E-state index is -4.64. The number of ether oxygens (including phenoxy) is 2. The Bertz CT molecular complexity index is 1330. The van der Waals surface area contributed by atoms with E-state index in [4.69, 9.17) is 21.1 Å². The summed E-state index contributed by atoms with van der Waals surface area (Å²) in [6.07, 6.45) is -3.59. The number of nitrogens with zero attached hydrogens (tertiary/aromatic N) is 1. The fraction of sp³-hybridized carbons (Fsp3) is 0.125. The van der Waals surface area contributed by atoms with E-state index in [0.717, 1.165) is 18.3 Å². The zero-order valence-electron chi connectivity index (χ0n) is 18.7. The lowest BCUT2D eigenvalue weighted by molar-refractivity contribution is -0.137. The average Bonchev–Trinajstić information content (AvgIpc) is 2.84. The lowest BCUT2D eigenvalue weighted by atomic mass is 10.1. The molecule has 12 heteroatoms. The fourth-order valence-electron chi connectivity index (χ4n) is 3.05. The van der Waals surface area contributed by atoms with Crippen LogP contribution < -0.4 is 20.2 Å². The first-order valence-corrected chi connectivity index (χ1v) is 11.2. The third-order valence-corrected chi connectivity index (χ3v) is 5.62. The number of carbonyl (C=O) groups excluding carboxylic acids is 2. The summed E-state index contributed by atoms with van der Waals surface area (Å²) in [5.74, 6) is -0.431. The van der Waals surface area contributed by atoms with Crippen molar-refractivity contribution in [1.29, 1.82) is 0 Å². The van der Waals surface area contributed by atoms with Crippen molar-refractivity contribution in [2.75, 3.05) is 19.5 Å². The van der Waals surface area contributed by atoms with Gasteiger partial charge in [-0.25, -0.2) is 5.43 Å². The monoisotopic (exact) mass is 583 g/mol. The highest BCUT2D eigenvalue weighted by Gasteiger charge is 2.33. The van der Waals surface area contributed by atoms with Crippen LogP contribution in [0, 0.1) is 0 Å². The molecular weight excluding hydrogens is 567 g/mol. The second-order valence-corrected chi connectivity index (χ2v) is 8.47. The molecule has 3 aromatic rings. The number of anilines is 1. The molecule has 0 aliphatic rings. The normalized spacial score (nSPS) is 11.3. The molecule has 0 saturated carbocycles. The maximum atomic E-state index is 13.0. The van der Waals surface area contributed by atoms with Gasteiger partial charge in [0.1, 0.15) is 0 Å². The summed E-state index contributed by atoms with van der Waals surface area (Å²) in [7, 11) is 2.90. The van der Waals surface area contributed by atoms with Gasteiger partial charge in [-0.05, 0) is 54.1 Å². The first-order valence-electron chi connectivity index (χ1n) is 10.1. The Morgan fingerprint density at radius 2 is 1.69 bits per heavy atom. The standard InChI is InChI=1S/C24H18BrClF3N3O4/c1-35-20-8-4-14(10-21(20)36-2)22(33)31-19-7-5-15(25)11-16(19)23(34)32-30-12-13-3-6-18(26)17(9-13)24(27,28)29/h3-12H,1-2H3,(H,31,33)(H,32,34)/b30-12+. The van der Waals surface area contributed by atoms with E-state index >= 15 is 0 Å². The molecule has 3 aromatic carbocycles. The van der Waals surface area contributed by atoms with Crippen LogP contribution in [0.4, 0.5) is 18.9 Å². The minimum Gasteiger partial charge on any atom is -0.493 e. The molecule has 0 spiro atoms. The molecule has 188 valence electrons. The van der Waals surface area contributed by atoms with Crippen LogP contribution in [0.5, 0.6) is 11.5 Å². The van der Waals surface area contributed by atoms with Crippen molar-refractivity contribution in [2.24, 2.45) is 5.10 Å². The molecule has 2 amide bonds. The Balaban J connectivity index is 1.79. The molecule has 0 heterocycles. The Morgan fingerprint density at radius 1 is 0.972 bits per heavy atom. The number of benzene rings is 3. The van der Waals surface area contributed by atoms with E-state index < -0.39 is 28.6 Å². The van der Waals surface area contributed by atoms with Crippen LogP contribution in [0.3, 0.4) is 0 Å². The van der Waals surface area contributed by atoms with E-state index in [0.29, 0.717) is 16.0 Å². The van der Waals surface area contributed by atoms with E-state index in [-0.39, 0.29) is 22.4 Å². The van der Waals surface area contributed by atoms with Gasteiger partial charge in [0.25, 0.3) is 11.8 Å². The van der Waals surface area contributed by atoms with Crippen molar-refractivity contribution in [3.05, 3.63) is 86.3 Å². The van der Waals surface area contributed by atoms with Gasteiger partial charge >= 0.3 is 6.18 Å². The largest absolute Gasteiger partial charge is 0.493 e. The number of rotatable bonds is 7. The summed E-state index contributed by atoms with van der Waals surface area (Å²) in [6.45, 7) is 0. The van der Waals surface area contributed by atoms with Gasteiger partial charge in [-0.15, -0.1) is 0 Å². The Labute approximate surface area is 217 Å². The molecule has 0 unspecified atom stereocenters. The smallest absolute Gasteiger partial charge is 0.417 e. The summed E-state index contributed by atoms with van der Waals surface area (Å²) in [5.41, 5.74) is 1.78. The lowest BCUT2D eigenvalue weighted by Gasteiger charge is -2.12. The molecule has 0 saturated heterocycles. The summed E-state index contributed by atoms with van der Waals surface area (Å²) in [6, 6.07) is 12.4. The quantitative estimate of drug-likeness (QED) is 0.257. The number of halogens is 5. The number of hydrogen-bond acceptors (Lipinski definition) is 5. The van der Waals surface area contributed by atoms with Gasteiger partial charge in [-0.1, -0.05) is 33.6 Å². The van der Waals surface area contributed by atoms with E-state index in [1.807, 2.05) is 0 Å². The number of hydrazone groups is 1. The van der Waals surface area contributed by atoms with Gasteiger partial charge < -0.3 is 14.8 Å². The van der Waals surface area contributed by atoms with Crippen molar-refractivity contribution in [2.45, 2.75) is 6.18 Å². The van der Waals surface area contributed by atoms with Gasteiger partial charge in [0.2, 0.25) is 0 Å². The van der Waals surface area contributed by atoms with Crippen LogP contribution in [0.2, 0.25) is 5.02 Å². The molecule has 36 heavy (non-hydrogen) atoms. The van der Waals surface area contributed by atoms with E-state index in [2.05, 4.69) is 31.8 Å². The number of nitrogens with one attached hydrogen (secondary N) is 2. The van der Waals surface area contributed by atoms with Crippen LogP contribution in [0.1, 0.15) is 31.8 Å². The summed E-state index contributed by atoms with van der Waals surface area (Å²) < 4.78 is 50.0. The zero-order chi connectivity index (χ0) is 26.5. The van der Waals surface area contributed by atoms with Gasteiger partial charge in [-0.2, -0.15) is 18.3 Å². The van der Waals surface area contributed by atoms with Crippen LogP contribution in [-0.4, -0.2) is 32.2 Å². The Morgan fingerprint density at radius 3 is 2.36 bits per heavy atom. The van der Waals surface area contributed by atoms with E-state index in [9.17, 15) is 22.8 Å². The second kappa shape index (κ2) is 11.4. The maximum Gasteiger partial charge on any atom is 0.417 e. The highest BCUT2D eigenvalue weighted by Crippen LogP contribution is 2.35. The molecule has 3 rings (SSSR count). The molecule has 0 aromatic heterocycles. The van der Waals surface area contributed by atoms with Gasteiger partial charge in [0.15, 0.2) is 11.5 Å². The Hall–Kier alpha value is -3.57. The molecule has 7 nitrogen and oxygen atoms in total. The van der Waals surface area contributed by atoms with Crippen molar-refractivity contribution in [3.8, 4) is 11.5 Å². The van der Waals surface area contributed by atoms with Crippen molar-refractivity contribution >= 4 is 51.2 Å². The average molecular weight is 585 g/mol. The molecule has 0 fully saturated rings. The number of amides is 2. The van der Waals surface area contributed by atoms with Gasteiger partial charge in [0.05, 0.1) is 42.3 Å². The topological polar surface area (TPSA) is 89.0 Å². The molecule has 0 radical (unpaired) electrons. The fourth-order valence-corrected chi connectivity index (χ4v) is 3.64. The molecular formula is C24H18BrClF3N3O4. The van der Waals surface area contributed by atoms with E-state index in [1.54, 1.807) is 12.1 Å². The summed E-state index contributed by atoms with van der Waals surface area (Å²) in [4.78, 5) is 25.6. The third-order valence-electron chi connectivity index (χ3n) is 4.80. The van der Waals surface area contributed by atoms with Crippen LogP contribution in [0.15, 0.2) is 64.2 Å². The SMILES string of the molecule is COc1ccc(C(=O)Nc2ccc(Br)cc2C(=O)N/N=C/c2ccc(Cl)c(C(F)(F)F)c2)cc1OC. The number of alkyl halides is 3. The van der Waals surface area contributed by atoms with Crippen molar-refractivity contribution < 1.29 is 32.2 Å². The van der Waals surface area contributed by atoms with Crippen LogP contribution in [-0.2, 0) is 6.18 Å². The third kappa shape index (κ3) is 6.55. The maximum absolute atomic E-state index is 13.0. The molecule has 0 aliphatic carbocycles. The molecule has 0 aliphatic heterocycles. The Kier molecular flexibility index (Phi) is 8.59.